The van der Waals surface area contributed by atoms with Gasteiger partial charge in [0.2, 0.25) is 5.91 Å². The highest BCUT2D eigenvalue weighted by atomic mass is 32.2. The maximum atomic E-state index is 13.0. The van der Waals surface area contributed by atoms with Gasteiger partial charge in [-0.25, -0.2) is 13.4 Å². The number of aromatic nitrogens is 1. The van der Waals surface area contributed by atoms with E-state index in [1.807, 2.05) is 0 Å². The summed E-state index contributed by atoms with van der Waals surface area (Å²) in [7, 11) is -3.27. The van der Waals surface area contributed by atoms with Gasteiger partial charge in [0.15, 0.2) is 15.0 Å². The number of benzene rings is 1. The Morgan fingerprint density at radius 2 is 2.00 bits per heavy atom. The van der Waals surface area contributed by atoms with Crippen molar-refractivity contribution in [3.05, 3.63) is 47.8 Å². The Morgan fingerprint density at radius 3 is 2.56 bits per heavy atom. The normalized spacial score (nSPS) is 16.8. The third kappa shape index (κ3) is 5.37. The Balaban J connectivity index is 1.82. The van der Waals surface area contributed by atoms with E-state index in [0.717, 1.165) is 23.3 Å². The number of carbonyl (C=O) groups is 1. The van der Waals surface area contributed by atoms with Crippen LogP contribution in [0.4, 0.5) is 5.13 Å². The van der Waals surface area contributed by atoms with E-state index in [0.29, 0.717) is 30.7 Å². The third-order valence-corrected chi connectivity index (χ3v) is 6.62. The topological polar surface area (TPSA) is 85.4 Å². The molecule has 1 aliphatic heterocycles. The molecule has 1 aromatic carbocycles. The SMILES string of the molecule is [CH2]c1cnc(NC(=O)C(CC2CCOCC2)c2ccc(S(C)(=O)=O)cc2)s1. The number of carbonyl (C=O) groups excluding carboxylic acids is 1. The summed E-state index contributed by atoms with van der Waals surface area (Å²) in [6.07, 6.45) is 5.33. The van der Waals surface area contributed by atoms with Crippen molar-refractivity contribution in [2.45, 2.75) is 30.1 Å². The Hall–Kier alpha value is -1.77. The van der Waals surface area contributed by atoms with Crippen molar-refractivity contribution in [1.82, 2.24) is 4.98 Å². The van der Waals surface area contributed by atoms with E-state index in [9.17, 15) is 13.2 Å². The summed E-state index contributed by atoms with van der Waals surface area (Å²) in [5, 5.41) is 3.40. The summed E-state index contributed by atoms with van der Waals surface area (Å²) in [4.78, 5) is 18.1. The van der Waals surface area contributed by atoms with Crippen LogP contribution in [0, 0.1) is 12.8 Å². The predicted molar refractivity (Wildman–Crippen MR) is 106 cm³/mol. The lowest BCUT2D eigenvalue weighted by molar-refractivity contribution is -0.118. The van der Waals surface area contributed by atoms with Crippen LogP contribution in [-0.2, 0) is 19.4 Å². The van der Waals surface area contributed by atoms with Crippen LogP contribution in [-0.4, -0.2) is 38.8 Å². The first-order valence-corrected chi connectivity index (χ1v) is 11.5. The number of hydrogen-bond acceptors (Lipinski definition) is 6. The van der Waals surface area contributed by atoms with Gasteiger partial charge in [-0.1, -0.05) is 12.1 Å². The van der Waals surface area contributed by atoms with Crippen LogP contribution in [0.15, 0.2) is 35.4 Å². The van der Waals surface area contributed by atoms with Gasteiger partial charge in [0.1, 0.15) is 0 Å². The number of thiazole rings is 1. The zero-order valence-corrected chi connectivity index (χ0v) is 16.8. The fourth-order valence-corrected chi connectivity index (χ4v) is 4.46. The molecule has 6 nitrogen and oxygen atoms in total. The molecular formula is C19H23N2O4S2. The average Bonchev–Trinajstić information content (AvgIpc) is 3.04. The fraction of sp³-hybridized carbons (Fsp3) is 0.421. The maximum absolute atomic E-state index is 13.0. The van der Waals surface area contributed by atoms with Crippen LogP contribution < -0.4 is 5.32 Å². The number of anilines is 1. The molecule has 8 heteroatoms. The van der Waals surface area contributed by atoms with E-state index in [-0.39, 0.29) is 16.7 Å². The van der Waals surface area contributed by atoms with Gasteiger partial charge in [-0.05, 0) is 49.8 Å². The quantitative estimate of drug-likeness (QED) is 0.794. The van der Waals surface area contributed by atoms with Crippen molar-refractivity contribution in [3.8, 4) is 0 Å². The molecule has 145 valence electrons. The Bertz CT molecular complexity index is 885. The zero-order chi connectivity index (χ0) is 19.4. The number of hydrogen-bond donors (Lipinski definition) is 1. The van der Waals surface area contributed by atoms with Crippen LogP contribution in [0.3, 0.4) is 0 Å². The number of sulfone groups is 1. The van der Waals surface area contributed by atoms with Crippen LogP contribution >= 0.6 is 11.3 Å². The van der Waals surface area contributed by atoms with E-state index < -0.39 is 9.84 Å². The lowest BCUT2D eigenvalue weighted by Gasteiger charge is -2.26. The van der Waals surface area contributed by atoms with Gasteiger partial charge in [-0.3, -0.25) is 4.79 Å². The fourth-order valence-electron chi connectivity index (χ4n) is 3.22. The summed E-state index contributed by atoms with van der Waals surface area (Å²) < 4.78 is 28.8. The molecule has 1 aromatic heterocycles. The van der Waals surface area contributed by atoms with Crippen LogP contribution in [0.5, 0.6) is 0 Å². The van der Waals surface area contributed by atoms with E-state index in [1.165, 1.54) is 17.6 Å². The molecular weight excluding hydrogens is 384 g/mol. The predicted octanol–water partition coefficient (Wildman–Crippen LogP) is 3.27. The molecule has 0 saturated carbocycles. The van der Waals surface area contributed by atoms with E-state index >= 15 is 0 Å². The first-order valence-electron chi connectivity index (χ1n) is 8.79. The molecule has 1 amide bonds. The van der Waals surface area contributed by atoms with E-state index in [4.69, 9.17) is 4.74 Å². The summed E-state index contributed by atoms with van der Waals surface area (Å²) in [6.45, 7) is 5.24. The molecule has 1 radical (unpaired) electrons. The summed E-state index contributed by atoms with van der Waals surface area (Å²) in [5.41, 5.74) is 0.804. The molecule has 1 saturated heterocycles. The molecule has 1 aliphatic rings. The molecule has 27 heavy (non-hydrogen) atoms. The monoisotopic (exact) mass is 407 g/mol. The van der Waals surface area contributed by atoms with Gasteiger partial charge in [-0.2, -0.15) is 0 Å². The van der Waals surface area contributed by atoms with Crippen molar-refractivity contribution in [3.63, 3.8) is 0 Å². The lowest BCUT2D eigenvalue weighted by atomic mass is 9.84. The molecule has 0 bridgehead atoms. The van der Waals surface area contributed by atoms with Crippen molar-refractivity contribution in [2.24, 2.45) is 5.92 Å². The second kappa shape index (κ2) is 8.50. The zero-order valence-electron chi connectivity index (χ0n) is 15.2. The second-order valence-electron chi connectivity index (χ2n) is 6.81. The Morgan fingerprint density at radius 1 is 1.33 bits per heavy atom. The van der Waals surface area contributed by atoms with E-state index in [1.54, 1.807) is 30.5 Å². The smallest absolute Gasteiger partial charge is 0.233 e. The number of nitrogens with zero attached hydrogens (tertiary/aromatic N) is 1. The highest BCUT2D eigenvalue weighted by molar-refractivity contribution is 7.90. The molecule has 1 N–H and O–H groups in total. The minimum Gasteiger partial charge on any atom is -0.381 e. The number of rotatable bonds is 6. The molecule has 1 fully saturated rings. The minimum absolute atomic E-state index is 0.136. The number of amides is 1. The molecule has 3 rings (SSSR count). The van der Waals surface area contributed by atoms with Gasteiger partial charge >= 0.3 is 0 Å². The van der Waals surface area contributed by atoms with Crippen molar-refractivity contribution >= 4 is 32.2 Å². The summed E-state index contributed by atoms with van der Waals surface area (Å²) in [5.74, 6) is -0.120. The minimum atomic E-state index is -3.27. The molecule has 0 aliphatic carbocycles. The first kappa shape index (κ1) is 20.0. The molecule has 2 aromatic rings. The highest BCUT2D eigenvalue weighted by Gasteiger charge is 2.27. The van der Waals surface area contributed by atoms with Gasteiger partial charge in [0.05, 0.1) is 10.8 Å². The molecule has 1 unspecified atom stereocenters. The molecule has 1 atom stereocenters. The van der Waals surface area contributed by atoms with Gasteiger partial charge in [0.25, 0.3) is 0 Å². The van der Waals surface area contributed by atoms with Gasteiger partial charge in [-0.15, -0.1) is 11.3 Å². The van der Waals surface area contributed by atoms with Crippen molar-refractivity contribution in [1.29, 1.82) is 0 Å². The van der Waals surface area contributed by atoms with Crippen LogP contribution in [0.25, 0.3) is 0 Å². The third-order valence-electron chi connectivity index (χ3n) is 4.72. The standard InChI is InChI=1S/C19H23N2O4S2/c1-13-12-20-19(26-13)21-18(22)17(11-14-7-9-25-10-8-14)15-3-5-16(6-4-15)27(2,23)24/h3-6,12,14,17H,1,7-11H2,2H3,(H,20,21,22). The molecule has 2 heterocycles. The van der Waals surface area contributed by atoms with Crippen molar-refractivity contribution < 1.29 is 17.9 Å². The largest absolute Gasteiger partial charge is 0.381 e. The highest BCUT2D eigenvalue weighted by Crippen LogP contribution is 2.31. The van der Waals surface area contributed by atoms with Crippen LogP contribution in [0.1, 0.15) is 35.6 Å². The van der Waals surface area contributed by atoms with Crippen LogP contribution in [0.2, 0.25) is 0 Å². The van der Waals surface area contributed by atoms with Crippen molar-refractivity contribution in [2.75, 3.05) is 24.8 Å². The lowest BCUT2D eigenvalue weighted by Crippen LogP contribution is -2.26. The number of nitrogens with one attached hydrogen (secondary N) is 1. The average molecular weight is 408 g/mol. The number of ether oxygens (including phenoxy) is 1. The Kier molecular flexibility index (Phi) is 6.29. The second-order valence-corrected chi connectivity index (χ2v) is 9.94. The van der Waals surface area contributed by atoms with Gasteiger partial charge < -0.3 is 10.1 Å². The Labute approximate surface area is 163 Å². The molecule has 0 spiro atoms. The van der Waals surface area contributed by atoms with E-state index in [2.05, 4.69) is 17.2 Å². The maximum Gasteiger partial charge on any atom is 0.233 e. The van der Waals surface area contributed by atoms with Gasteiger partial charge in [0, 0.05) is 30.5 Å². The summed E-state index contributed by atoms with van der Waals surface area (Å²) >= 11 is 1.33. The first-order chi connectivity index (χ1) is 12.8. The summed E-state index contributed by atoms with van der Waals surface area (Å²) in [6, 6.07) is 6.59.